The summed E-state index contributed by atoms with van der Waals surface area (Å²) in [4.78, 5) is 26.7. The van der Waals surface area contributed by atoms with Gasteiger partial charge < -0.3 is 24.6 Å². The molecule has 1 unspecified atom stereocenters. The topological polar surface area (TPSA) is 149 Å². The van der Waals surface area contributed by atoms with Crippen LogP contribution in [0.25, 0.3) is 11.4 Å². The molecule has 3 rings (SSSR count). The molecule has 0 fully saturated rings. The molecule has 0 saturated heterocycles. The van der Waals surface area contributed by atoms with E-state index in [1.54, 1.807) is 45.3 Å². The first-order valence-corrected chi connectivity index (χ1v) is 14.0. The summed E-state index contributed by atoms with van der Waals surface area (Å²) in [6.07, 6.45) is -1.38. The van der Waals surface area contributed by atoms with Crippen LogP contribution in [0.3, 0.4) is 0 Å². The van der Waals surface area contributed by atoms with E-state index in [1.807, 2.05) is 38.1 Å². The molecule has 0 saturated carbocycles. The number of nitrogens with zero attached hydrogens (tertiary/aromatic N) is 5. The Morgan fingerprint density at radius 2 is 1.51 bits per heavy atom. The van der Waals surface area contributed by atoms with Crippen LogP contribution in [-0.2, 0) is 32.2 Å². The molecule has 0 bridgehead atoms. The summed E-state index contributed by atoms with van der Waals surface area (Å²) in [6.45, 7) is 11.1. The van der Waals surface area contributed by atoms with Crippen molar-refractivity contribution >= 4 is 17.7 Å². The van der Waals surface area contributed by atoms with Gasteiger partial charge in [0.15, 0.2) is 6.10 Å². The van der Waals surface area contributed by atoms with Gasteiger partial charge in [-0.25, -0.2) is 4.79 Å². The summed E-state index contributed by atoms with van der Waals surface area (Å²) in [6, 6.07) is 14.3. The highest BCUT2D eigenvalue weighted by Gasteiger charge is 2.29. The summed E-state index contributed by atoms with van der Waals surface area (Å²) < 4.78 is 16.5. The van der Waals surface area contributed by atoms with E-state index in [2.05, 4.69) is 39.6 Å². The van der Waals surface area contributed by atoms with Gasteiger partial charge in [0.2, 0.25) is 17.6 Å². The van der Waals surface area contributed by atoms with Crippen molar-refractivity contribution in [2.24, 2.45) is 10.8 Å². The Hall–Kier alpha value is -4.00. The molecule has 2 N–H and O–H groups in total. The highest BCUT2D eigenvalue weighted by molar-refractivity contribution is 5.87. The van der Waals surface area contributed by atoms with E-state index < -0.39 is 17.6 Å². The summed E-state index contributed by atoms with van der Waals surface area (Å²) in [5.74, 6) is 0.372. The maximum absolute atomic E-state index is 12.8. The number of amides is 2. The number of benzene rings is 2. The number of carbonyl (C=O) groups is 2. The molecule has 0 aliphatic carbocycles. The lowest BCUT2D eigenvalue weighted by Crippen LogP contribution is -2.40. The van der Waals surface area contributed by atoms with Crippen LogP contribution in [0.15, 0.2) is 48.5 Å². The molecular formula is C31H42N6O6. The summed E-state index contributed by atoms with van der Waals surface area (Å²) in [5, 5.41) is 28.7. The molecule has 3 aromatic rings. The second-order valence-electron chi connectivity index (χ2n) is 11.8. The van der Waals surface area contributed by atoms with Gasteiger partial charge in [0.25, 0.3) is 0 Å². The van der Waals surface area contributed by atoms with Crippen LogP contribution < -0.4 is 10.2 Å². The van der Waals surface area contributed by atoms with Gasteiger partial charge in [-0.2, -0.15) is 0 Å². The number of rotatable bonds is 14. The molecule has 0 spiro atoms. The number of aliphatic hydroxyl groups excluding tert-OH is 1. The van der Waals surface area contributed by atoms with Gasteiger partial charge in [-0.1, -0.05) is 50.2 Å². The van der Waals surface area contributed by atoms with Crippen molar-refractivity contribution in [3.63, 3.8) is 0 Å². The second-order valence-corrected chi connectivity index (χ2v) is 11.8. The average molecular weight is 595 g/mol. The molecular weight excluding hydrogens is 552 g/mol. The molecule has 0 aliphatic rings. The zero-order chi connectivity index (χ0) is 31.6. The number of ether oxygens (including phenoxy) is 3. The Kier molecular flexibility index (Phi) is 11.6. The maximum Gasteiger partial charge on any atom is 0.414 e. The summed E-state index contributed by atoms with van der Waals surface area (Å²) in [5.41, 5.74) is 2.14. The lowest BCUT2D eigenvalue weighted by molar-refractivity contribution is -0.133. The first-order valence-electron chi connectivity index (χ1n) is 14.0. The lowest BCUT2D eigenvalue weighted by atomic mass is 9.92. The number of nitrogens with one attached hydrogen (secondary N) is 1. The van der Waals surface area contributed by atoms with Crippen LogP contribution in [-0.4, -0.2) is 71.5 Å². The first kappa shape index (κ1) is 33.5. The van der Waals surface area contributed by atoms with Crippen LogP contribution in [0, 0.1) is 10.8 Å². The summed E-state index contributed by atoms with van der Waals surface area (Å²) >= 11 is 0. The number of hydrogen-bond acceptors (Lipinski definition) is 10. The van der Waals surface area contributed by atoms with Crippen molar-refractivity contribution in [1.82, 2.24) is 25.7 Å². The maximum atomic E-state index is 12.8. The van der Waals surface area contributed by atoms with Gasteiger partial charge in [0.05, 0.1) is 31.8 Å². The summed E-state index contributed by atoms with van der Waals surface area (Å²) in [7, 11) is 3.24. The van der Waals surface area contributed by atoms with E-state index in [0.717, 1.165) is 11.1 Å². The molecule has 1 heterocycles. The van der Waals surface area contributed by atoms with Gasteiger partial charge >= 0.3 is 6.09 Å². The fraction of sp³-hybridized carbons (Fsp3) is 0.484. The Morgan fingerprint density at radius 1 is 0.907 bits per heavy atom. The Morgan fingerprint density at radius 3 is 2.09 bits per heavy atom. The van der Waals surface area contributed by atoms with Gasteiger partial charge in [-0.3, -0.25) is 9.69 Å². The predicted molar refractivity (Wildman–Crippen MR) is 161 cm³/mol. The van der Waals surface area contributed by atoms with Crippen LogP contribution in [0.2, 0.25) is 0 Å². The van der Waals surface area contributed by atoms with Crippen molar-refractivity contribution in [2.75, 3.05) is 38.9 Å². The standard InChI is InChI=1S/C31H42N6O6/c1-21(43-29(40)37(6)25-14-10-23(17-38)11-15-25)26-33-35-27(36-34-26)24-12-8-22(9-13-24)16-32-28(39)31(4,5)20-42-19-30(2,3)18-41-7/h8-15,21,38H,16-20H2,1-7H3,(H,32,39). The van der Waals surface area contributed by atoms with E-state index >= 15 is 0 Å². The molecule has 12 nitrogen and oxygen atoms in total. The van der Waals surface area contributed by atoms with E-state index in [1.165, 1.54) is 4.90 Å². The third-order valence-corrected chi connectivity index (χ3v) is 6.69. The third-order valence-electron chi connectivity index (χ3n) is 6.69. The van der Waals surface area contributed by atoms with Crippen LogP contribution in [0.5, 0.6) is 0 Å². The smallest absolute Gasteiger partial charge is 0.414 e. The molecule has 2 amide bonds. The van der Waals surface area contributed by atoms with E-state index in [-0.39, 0.29) is 23.8 Å². The zero-order valence-electron chi connectivity index (χ0n) is 26.0. The molecule has 0 aliphatic heterocycles. The Labute approximate surface area is 252 Å². The SMILES string of the molecule is COCC(C)(C)COCC(C)(C)C(=O)NCc1ccc(-c2nnc(C(C)OC(=O)N(C)c3ccc(CO)cc3)nn2)cc1. The van der Waals surface area contributed by atoms with E-state index in [4.69, 9.17) is 14.2 Å². The highest BCUT2D eigenvalue weighted by Crippen LogP contribution is 2.22. The van der Waals surface area contributed by atoms with Crippen molar-refractivity contribution < 1.29 is 28.9 Å². The zero-order valence-corrected chi connectivity index (χ0v) is 26.0. The van der Waals surface area contributed by atoms with Gasteiger partial charge in [-0.05, 0) is 44.0 Å². The van der Waals surface area contributed by atoms with Crippen LogP contribution >= 0.6 is 0 Å². The van der Waals surface area contributed by atoms with Crippen LogP contribution in [0.1, 0.15) is 57.7 Å². The van der Waals surface area contributed by atoms with E-state index in [0.29, 0.717) is 43.4 Å². The number of carbonyl (C=O) groups excluding carboxylic acids is 2. The van der Waals surface area contributed by atoms with Crippen molar-refractivity contribution in [3.8, 4) is 11.4 Å². The Balaban J connectivity index is 1.50. The minimum Gasteiger partial charge on any atom is -0.438 e. The molecule has 2 aromatic carbocycles. The number of hydrogen-bond donors (Lipinski definition) is 2. The number of aliphatic hydroxyl groups is 1. The number of aromatic nitrogens is 4. The lowest BCUT2D eigenvalue weighted by Gasteiger charge is -2.28. The van der Waals surface area contributed by atoms with Crippen LogP contribution in [0.4, 0.5) is 10.5 Å². The normalized spacial score (nSPS) is 12.5. The first-order chi connectivity index (χ1) is 20.3. The minimum absolute atomic E-state index is 0.0780. The predicted octanol–water partition coefficient (Wildman–Crippen LogP) is 4.09. The highest BCUT2D eigenvalue weighted by atomic mass is 16.6. The molecule has 1 atom stereocenters. The molecule has 1 aromatic heterocycles. The largest absolute Gasteiger partial charge is 0.438 e. The number of anilines is 1. The molecule has 12 heteroatoms. The molecule has 0 radical (unpaired) electrons. The monoisotopic (exact) mass is 594 g/mol. The minimum atomic E-state index is -0.779. The quantitative estimate of drug-likeness (QED) is 0.279. The fourth-order valence-corrected chi connectivity index (χ4v) is 4.00. The van der Waals surface area contributed by atoms with Crippen molar-refractivity contribution in [2.45, 2.75) is 53.9 Å². The second kappa shape index (κ2) is 14.9. The van der Waals surface area contributed by atoms with Gasteiger partial charge in [-0.15, -0.1) is 20.4 Å². The number of methoxy groups -OCH3 is 1. The fourth-order valence-electron chi connectivity index (χ4n) is 4.00. The van der Waals surface area contributed by atoms with Crippen molar-refractivity contribution in [3.05, 3.63) is 65.5 Å². The third kappa shape index (κ3) is 9.77. The van der Waals surface area contributed by atoms with Gasteiger partial charge in [0.1, 0.15) is 0 Å². The van der Waals surface area contributed by atoms with Crippen molar-refractivity contribution in [1.29, 1.82) is 0 Å². The average Bonchev–Trinajstić information content (AvgIpc) is 2.99. The molecule has 43 heavy (non-hydrogen) atoms. The van der Waals surface area contributed by atoms with Gasteiger partial charge in [0, 0.05) is 37.4 Å². The molecule has 232 valence electrons. The Bertz CT molecular complexity index is 1330. The van der Waals surface area contributed by atoms with E-state index in [9.17, 15) is 14.7 Å².